The molecule has 0 heterocycles. The van der Waals surface area contributed by atoms with E-state index in [0.717, 1.165) is 5.56 Å². The zero-order valence-electron chi connectivity index (χ0n) is 15.0. The standard InChI is InChI=1S/C19H25NO4S/c1-14-5-11-17(12-6-14)25(22,23)24-16-9-7-15(8-10-16)18(21)13-20-19(2,3)4/h5-12,18,20-21H,13H2,1-4H3. The van der Waals surface area contributed by atoms with E-state index in [1.54, 1.807) is 36.4 Å². The maximum atomic E-state index is 12.3. The summed E-state index contributed by atoms with van der Waals surface area (Å²) in [5.74, 6) is 0.209. The van der Waals surface area contributed by atoms with Crippen molar-refractivity contribution in [1.82, 2.24) is 5.32 Å². The van der Waals surface area contributed by atoms with Crippen LogP contribution in [0.5, 0.6) is 5.75 Å². The molecule has 5 nitrogen and oxygen atoms in total. The van der Waals surface area contributed by atoms with Gasteiger partial charge < -0.3 is 14.6 Å². The fraction of sp³-hybridized carbons (Fsp3) is 0.368. The maximum absolute atomic E-state index is 12.3. The zero-order chi connectivity index (χ0) is 18.7. The van der Waals surface area contributed by atoms with Crippen molar-refractivity contribution in [2.24, 2.45) is 0 Å². The summed E-state index contributed by atoms with van der Waals surface area (Å²) in [6.45, 7) is 8.35. The van der Waals surface area contributed by atoms with Crippen LogP contribution in [0.1, 0.15) is 38.0 Å². The Bertz CT molecular complexity index is 791. The minimum Gasteiger partial charge on any atom is -0.387 e. The highest BCUT2D eigenvalue weighted by atomic mass is 32.2. The van der Waals surface area contributed by atoms with Gasteiger partial charge in [-0.25, -0.2) is 0 Å². The zero-order valence-corrected chi connectivity index (χ0v) is 15.8. The first-order valence-corrected chi connectivity index (χ1v) is 9.52. The minimum atomic E-state index is -3.87. The highest BCUT2D eigenvalue weighted by Crippen LogP contribution is 2.22. The molecule has 0 aromatic heterocycles. The molecule has 0 bridgehead atoms. The second-order valence-electron chi connectivity index (χ2n) is 7.07. The van der Waals surface area contributed by atoms with Crippen molar-refractivity contribution in [2.45, 2.75) is 44.2 Å². The lowest BCUT2D eigenvalue weighted by molar-refractivity contribution is 0.163. The van der Waals surface area contributed by atoms with E-state index in [1.165, 1.54) is 12.1 Å². The highest BCUT2D eigenvalue weighted by Gasteiger charge is 2.17. The molecule has 2 aromatic rings. The van der Waals surface area contributed by atoms with Crippen LogP contribution in [0.3, 0.4) is 0 Å². The van der Waals surface area contributed by atoms with Crippen LogP contribution in [0, 0.1) is 6.92 Å². The van der Waals surface area contributed by atoms with E-state index in [9.17, 15) is 13.5 Å². The van der Waals surface area contributed by atoms with Crippen molar-refractivity contribution in [1.29, 1.82) is 0 Å². The molecule has 2 N–H and O–H groups in total. The van der Waals surface area contributed by atoms with E-state index in [0.29, 0.717) is 12.1 Å². The second kappa shape index (κ2) is 7.56. The number of aliphatic hydroxyl groups excluding tert-OH is 1. The van der Waals surface area contributed by atoms with Crippen molar-refractivity contribution in [3.8, 4) is 5.75 Å². The van der Waals surface area contributed by atoms with Crippen molar-refractivity contribution in [3.63, 3.8) is 0 Å². The van der Waals surface area contributed by atoms with Gasteiger partial charge in [0.15, 0.2) is 0 Å². The van der Waals surface area contributed by atoms with Crippen LogP contribution >= 0.6 is 0 Å². The maximum Gasteiger partial charge on any atom is 0.339 e. The summed E-state index contributed by atoms with van der Waals surface area (Å²) in [6, 6.07) is 12.9. The van der Waals surface area contributed by atoms with E-state index >= 15 is 0 Å². The molecule has 136 valence electrons. The minimum absolute atomic E-state index is 0.0911. The molecule has 0 amide bonds. The van der Waals surface area contributed by atoms with Gasteiger partial charge in [0.2, 0.25) is 0 Å². The van der Waals surface area contributed by atoms with Gasteiger partial charge >= 0.3 is 10.1 Å². The van der Waals surface area contributed by atoms with Gasteiger partial charge in [-0.1, -0.05) is 29.8 Å². The van der Waals surface area contributed by atoms with E-state index in [2.05, 4.69) is 5.32 Å². The van der Waals surface area contributed by atoms with Gasteiger partial charge in [0, 0.05) is 12.1 Å². The Labute approximate surface area is 149 Å². The van der Waals surface area contributed by atoms with Crippen LogP contribution in [0.25, 0.3) is 0 Å². The molecule has 0 radical (unpaired) electrons. The average molecular weight is 363 g/mol. The molecule has 0 fully saturated rings. The van der Waals surface area contributed by atoms with Crippen LogP contribution in [-0.2, 0) is 10.1 Å². The fourth-order valence-electron chi connectivity index (χ4n) is 2.15. The van der Waals surface area contributed by atoms with Crippen molar-refractivity contribution in [3.05, 3.63) is 59.7 Å². The van der Waals surface area contributed by atoms with Gasteiger partial charge in [0.25, 0.3) is 0 Å². The van der Waals surface area contributed by atoms with Crippen LogP contribution < -0.4 is 9.50 Å². The third-order valence-corrected chi connectivity index (χ3v) is 4.87. The molecule has 0 aliphatic heterocycles. The number of nitrogens with one attached hydrogen (secondary N) is 1. The van der Waals surface area contributed by atoms with Crippen LogP contribution in [0.2, 0.25) is 0 Å². The number of rotatable bonds is 6. The van der Waals surface area contributed by atoms with Crippen LogP contribution in [0.4, 0.5) is 0 Å². The Balaban J connectivity index is 2.06. The Kier molecular flexibility index (Phi) is 5.87. The lowest BCUT2D eigenvalue weighted by Gasteiger charge is -2.23. The summed E-state index contributed by atoms with van der Waals surface area (Å²) < 4.78 is 29.7. The molecular weight excluding hydrogens is 338 g/mol. The number of benzene rings is 2. The lowest BCUT2D eigenvalue weighted by Crippen LogP contribution is -2.38. The molecule has 0 aliphatic rings. The molecular formula is C19H25NO4S. The predicted molar refractivity (Wildman–Crippen MR) is 98.2 cm³/mol. The van der Waals surface area contributed by atoms with E-state index < -0.39 is 16.2 Å². The van der Waals surface area contributed by atoms with Crippen molar-refractivity contribution < 1.29 is 17.7 Å². The smallest absolute Gasteiger partial charge is 0.339 e. The van der Waals surface area contributed by atoms with Gasteiger partial charge in [-0.05, 0) is 57.5 Å². The second-order valence-corrected chi connectivity index (χ2v) is 8.61. The monoisotopic (exact) mass is 363 g/mol. The summed E-state index contributed by atoms with van der Waals surface area (Å²) in [6.07, 6.45) is -0.679. The third-order valence-electron chi connectivity index (χ3n) is 3.61. The molecule has 2 aromatic carbocycles. The van der Waals surface area contributed by atoms with Gasteiger partial charge in [0.1, 0.15) is 10.6 Å². The summed E-state index contributed by atoms with van der Waals surface area (Å²) in [5, 5.41) is 13.4. The summed E-state index contributed by atoms with van der Waals surface area (Å²) in [4.78, 5) is 0.108. The number of hydrogen-bond acceptors (Lipinski definition) is 5. The largest absolute Gasteiger partial charge is 0.387 e. The molecule has 0 saturated heterocycles. The van der Waals surface area contributed by atoms with E-state index in [-0.39, 0.29) is 16.2 Å². The molecule has 25 heavy (non-hydrogen) atoms. The lowest BCUT2D eigenvalue weighted by atomic mass is 10.1. The van der Waals surface area contributed by atoms with Crippen molar-refractivity contribution in [2.75, 3.05) is 6.54 Å². The number of β-amino-alcohol motifs (C(OH)–C–C–N with tert-alkyl or cyclic N) is 1. The fourth-order valence-corrected chi connectivity index (χ4v) is 3.08. The normalized spacial score (nSPS) is 13.5. The Morgan fingerprint density at radius 2 is 1.60 bits per heavy atom. The molecule has 1 atom stereocenters. The average Bonchev–Trinajstić information content (AvgIpc) is 2.52. The van der Waals surface area contributed by atoms with Crippen molar-refractivity contribution >= 4 is 10.1 Å². The quantitative estimate of drug-likeness (QED) is 0.771. The van der Waals surface area contributed by atoms with E-state index in [1.807, 2.05) is 27.7 Å². The predicted octanol–water partition coefficient (Wildman–Crippen LogP) is 3.18. The SMILES string of the molecule is Cc1ccc(S(=O)(=O)Oc2ccc(C(O)CNC(C)(C)C)cc2)cc1. The molecule has 6 heteroatoms. The molecule has 2 rings (SSSR count). The van der Waals surface area contributed by atoms with Gasteiger partial charge in [0.05, 0.1) is 6.10 Å². The number of aryl methyl sites for hydroxylation is 1. The number of hydrogen-bond donors (Lipinski definition) is 2. The first-order valence-electron chi connectivity index (χ1n) is 8.11. The molecule has 0 spiro atoms. The molecule has 1 unspecified atom stereocenters. The molecule has 0 saturated carbocycles. The molecule has 0 aliphatic carbocycles. The summed E-state index contributed by atoms with van der Waals surface area (Å²) >= 11 is 0. The Morgan fingerprint density at radius 1 is 1.04 bits per heavy atom. The van der Waals surface area contributed by atoms with Gasteiger partial charge in [-0.15, -0.1) is 0 Å². The first-order chi connectivity index (χ1) is 11.6. The Morgan fingerprint density at radius 3 is 2.12 bits per heavy atom. The third kappa shape index (κ3) is 5.85. The van der Waals surface area contributed by atoms with Crippen LogP contribution in [0.15, 0.2) is 53.4 Å². The Hall–Kier alpha value is -1.89. The van der Waals surface area contributed by atoms with E-state index in [4.69, 9.17) is 4.18 Å². The highest BCUT2D eigenvalue weighted by molar-refractivity contribution is 7.87. The number of aliphatic hydroxyl groups is 1. The van der Waals surface area contributed by atoms with Gasteiger partial charge in [-0.2, -0.15) is 8.42 Å². The summed E-state index contributed by atoms with van der Waals surface area (Å²) in [5.41, 5.74) is 1.57. The van der Waals surface area contributed by atoms with Gasteiger partial charge in [-0.3, -0.25) is 0 Å². The summed E-state index contributed by atoms with van der Waals surface area (Å²) in [7, 11) is -3.87. The van der Waals surface area contributed by atoms with Crippen LogP contribution in [-0.4, -0.2) is 25.6 Å². The first kappa shape index (κ1) is 19.4. The topological polar surface area (TPSA) is 75.6 Å².